The van der Waals surface area contributed by atoms with Crippen LogP contribution in [0.25, 0.3) is 11.4 Å². The molecule has 20 heavy (non-hydrogen) atoms. The first-order chi connectivity index (χ1) is 9.63. The molecule has 1 aromatic heterocycles. The highest BCUT2D eigenvalue weighted by Gasteiger charge is 2.27. The van der Waals surface area contributed by atoms with Crippen molar-refractivity contribution in [1.29, 1.82) is 0 Å². The van der Waals surface area contributed by atoms with Gasteiger partial charge in [-0.15, -0.1) is 10.2 Å². The van der Waals surface area contributed by atoms with Crippen LogP contribution in [0.15, 0.2) is 12.1 Å². The van der Waals surface area contributed by atoms with Gasteiger partial charge in [0, 0.05) is 13.1 Å². The zero-order valence-corrected chi connectivity index (χ0v) is 11.5. The number of fused-ring (bicyclic) bond motifs is 1. The average molecular weight is 278 g/mol. The molecule has 0 saturated carbocycles. The van der Waals surface area contributed by atoms with Crippen molar-refractivity contribution < 1.29 is 8.78 Å². The summed E-state index contributed by atoms with van der Waals surface area (Å²) >= 11 is 0. The van der Waals surface area contributed by atoms with E-state index in [4.69, 9.17) is 0 Å². The predicted octanol–water partition coefficient (Wildman–Crippen LogP) is 2.59. The molecule has 1 aliphatic rings. The standard InChI is InChI=1S/C14H16F2N4/c1-3-10-13-18-19-14(20(13)7-6-17-10)11-9(15)5-4-8(2)12(11)16/h4-5,10,17H,3,6-7H2,1-2H3. The summed E-state index contributed by atoms with van der Waals surface area (Å²) in [5, 5.41) is 11.5. The van der Waals surface area contributed by atoms with Gasteiger partial charge in [-0.25, -0.2) is 8.78 Å². The zero-order chi connectivity index (χ0) is 14.3. The number of nitrogens with one attached hydrogen (secondary N) is 1. The molecule has 3 rings (SSSR count). The van der Waals surface area contributed by atoms with E-state index in [1.54, 1.807) is 6.92 Å². The minimum atomic E-state index is -0.602. The van der Waals surface area contributed by atoms with Gasteiger partial charge >= 0.3 is 0 Å². The van der Waals surface area contributed by atoms with Crippen LogP contribution in [0.3, 0.4) is 0 Å². The van der Waals surface area contributed by atoms with Crippen LogP contribution in [-0.4, -0.2) is 21.3 Å². The molecule has 106 valence electrons. The van der Waals surface area contributed by atoms with Gasteiger partial charge in [-0.3, -0.25) is 0 Å². The van der Waals surface area contributed by atoms with Crippen molar-refractivity contribution in [2.75, 3.05) is 6.54 Å². The molecule has 0 radical (unpaired) electrons. The Labute approximate surface area is 115 Å². The van der Waals surface area contributed by atoms with Crippen LogP contribution in [-0.2, 0) is 6.54 Å². The van der Waals surface area contributed by atoms with Crippen molar-refractivity contribution in [2.24, 2.45) is 0 Å². The van der Waals surface area contributed by atoms with Gasteiger partial charge in [-0.2, -0.15) is 0 Å². The van der Waals surface area contributed by atoms with E-state index in [0.717, 1.165) is 18.8 Å². The van der Waals surface area contributed by atoms with E-state index in [1.807, 2.05) is 11.5 Å². The Morgan fingerprint density at radius 2 is 2.15 bits per heavy atom. The fourth-order valence-corrected chi connectivity index (χ4v) is 2.61. The van der Waals surface area contributed by atoms with Gasteiger partial charge in [0.25, 0.3) is 0 Å². The molecule has 1 N–H and O–H groups in total. The van der Waals surface area contributed by atoms with E-state index in [2.05, 4.69) is 15.5 Å². The molecule has 0 aliphatic carbocycles. The molecule has 1 aromatic carbocycles. The summed E-state index contributed by atoms with van der Waals surface area (Å²) in [6.07, 6.45) is 0.858. The molecule has 1 atom stereocenters. The fourth-order valence-electron chi connectivity index (χ4n) is 2.61. The third-order valence-electron chi connectivity index (χ3n) is 3.73. The highest BCUT2D eigenvalue weighted by molar-refractivity contribution is 5.59. The largest absolute Gasteiger partial charge is 0.308 e. The second-order valence-corrected chi connectivity index (χ2v) is 5.00. The first-order valence-corrected chi connectivity index (χ1v) is 6.75. The number of benzene rings is 1. The summed E-state index contributed by atoms with van der Waals surface area (Å²) in [5.74, 6) is -0.144. The smallest absolute Gasteiger partial charge is 0.170 e. The molecule has 0 bridgehead atoms. The molecule has 0 saturated heterocycles. The summed E-state index contributed by atoms with van der Waals surface area (Å²) < 4.78 is 30.1. The molecule has 0 fully saturated rings. The highest BCUT2D eigenvalue weighted by Crippen LogP contribution is 2.30. The molecule has 4 nitrogen and oxygen atoms in total. The Kier molecular flexibility index (Phi) is 3.25. The SMILES string of the molecule is CCC1NCCn2c(-c3c(F)ccc(C)c3F)nnc21. The van der Waals surface area contributed by atoms with Crippen LogP contribution in [0.2, 0.25) is 0 Å². The maximum Gasteiger partial charge on any atom is 0.170 e. The lowest BCUT2D eigenvalue weighted by Gasteiger charge is -2.24. The Morgan fingerprint density at radius 1 is 1.35 bits per heavy atom. The molecule has 0 spiro atoms. The molecular formula is C14H16F2N4. The molecule has 2 aromatic rings. The monoisotopic (exact) mass is 278 g/mol. The second kappa shape index (κ2) is 4.94. The van der Waals surface area contributed by atoms with Gasteiger partial charge in [0.05, 0.1) is 11.6 Å². The topological polar surface area (TPSA) is 42.7 Å². The number of aryl methyl sites for hydroxylation is 1. The van der Waals surface area contributed by atoms with E-state index < -0.39 is 11.6 Å². The highest BCUT2D eigenvalue weighted by atomic mass is 19.1. The molecule has 6 heteroatoms. The van der Waals surface area contributed by atoms with Gasteiger partial charge < -0.3 is 9.88 Å². The van der Waals surface area contributed by atoms with Gasteiger partial charge in [0.2, 0.25) is 0 Å². The minimum Gasteiger partial charge on any atom is -0.308 e. The third-order valence-corrected chi connectivity index (χ3v) is 3.73. The second-order valence-electron chi connectivity index (χ2n) is 5.00. The van der Waals surface area contributed by atoms with Gasteiger partial charge in [0.1, 0.15) is 11.6 Å². The number of rotatable bonds is 2. The Bertz CT molecular complexity index is 651. The molecule has 2 heterocycles. The number of aromatic nitrogens is 3. The van der Waals surface area contributed by atoms with Crippen molar-refractivity contribution >= 4 is 0 Å². The Hall–Kier alpha value is -1.82. The van der Waals surface area contributed by atoms with Crippen molar-refractivity contribution in [3.63, 3.8) is 0 Å². The normalized spacial score (nSPS) is 18.1. The summed E-state index contributed by atoms with van der Waals surface area (Å²) in [6, 6.07) is 2.78. The minimum absolute atomic E-state index is 0.0829. The summed E-state index contributed by atoms with van der Waals surface area (Å²) in [7, 11) is 0. The third kappa shape index (κ3) is 1.91. The van der Waals surface area contributed by atoms with Crippen molar-refractivity contribution in [2.45, 2.75) is 32.9 Å². The molecule has 1 aliphatic heterocycles. The van der Waals surface area contributed by atoms with Crippen LogP contribution in [0, 0.1) is 18.6 Å². The van der Waals surface area contributed by atoms with Crippen molar-refractivity contribution in [1.82, 2.24) is 20.1 Å². The summed E-state index contributed by atoms with van der Waals surface area (Å²) in [4.78, 5) is 0. The quantitative estimate of drug-likeness (QED) is 0.918. The maximum absolute atomic E-state index is 14.2. The van der Waals surface area contributed by atoms with E-state index >= 15 is 0 Å². The predicted molar refractivity (Wildman–Crippen MR) is 71.1 cm³/mol. The lowest BCUT2D eigenvalue weighted by Crippen LogP contribution is -2.33. The lowest BCUT2D eigenvalue weighted by molar-refractivity contribution is 0.406. The molecule has 1 unspecified atom stereocenters. The van der Waals surface area contributed by atoms with Crippen LogP contribution in [0.5, 0.6) is 0 Å². The Balaban J connectivity index is 2.18. The van der Waals surface area contributed by atoms with Gasteiger partial charge in [-0.1, -0.05) is 13.0 Å². The summed E-state index contributed by atoms with van der Waals surface area (Å²) in [6.45, 7) is 5.00. The van der Waals surface area contributed by atoms with Gasteiger partial charge in [-0.05, 0) is 25.0 Å². The molecular weight excluding hydrogens is 262 g/mol. The number of halogens is 2. The zero-order valence-electron chi connectivity index (χ0n) is 11.5. The fraction of sp³-hybridized carbons (Fsp3) is 0.429. The van der Waals surface area contributed by atoms with E-state index in [1.165, 1.54) is 12.1 Å². The summed E-state index contributed by atoms with van der Waals surface area (Å²) in [5.41, 5.74) is 0.320. The first-order valence-electron chi connectivity index (χ1n) is 6.75. The number of nitrogens with zero attached hydrogens (tertiary/aromatic N) is 3. The lowest BCUT2D eigenvalue weighted by atomic mass is 10.1. The van der Waals surface area contributed by atoms with Crippen LogP contribution >= 0.6 is 0 Å². The van der Waals surface area contributed by atoms with Gasteiger partial charge in [0.15, 0.2) is 11.6 Å². The number of hydrogen-bond acceptors (Lipinski definition) is 3. The first kappa shape index (κ1) is 13.2. The van der Waals surface area contributed by atoms with Crippen molar-refractivity contribution in [3.05, 3.63) is 35.2 Å². The van der Waals surface area contributed by atoms with E-state index in [0.29, 0.717) is 12.1 Å². The van der Waals surface area contributed by atoms with E-state index in [-0.39, 0.29) is 17.4 Å². The van der Waals surface area contributed by atoms with Crippen LogP contribution in [0.4, 0.5) is 8.78 Å². The molecule has 0 amide bonds. The maximum atomic E-state index is 14.2. The van der Waals surface area contributed by atoms with Crippen LogP contribution < -0.4 is 5.32 Å². The Morgan fingerprint density at radius 3 is 2.90 bits per heavy atom. The average Bonchev–Trinajstić information content (AvgIpc) is 2.87. The van der Waals surface area contributed by atoms with E-state index in [9.17, 15) is 8.78 Å². The number of hydrogen-bond donors (Lipinski definition) is 1. The van der Waals surface area contributed by atoms with Crippen molar-refractivity contribution in [3.8, 4) is 11.4 Å². The van der Waals surface area contributed by atoms with Crippen LogP contribution in [0.1, 0.15) is 30.8 Å².